The van der Waals surface area contributed by atoms with Gasteiger partial charge in [-0.15, -0.1) is 0 Å². The molecule has 1 unspecified atom stereocenters. The molecular formula is C17H22N2O. The molecule has 1 aliphatic heterocycles. The third kappa shape index (κ3) is 2.50. The van der Waals surface area contributed by atoms with E-state index in [2.05, 4.69) is 50.1 Å². The minimum absolute atomic E-state index is 0.0853. The molecule has 0 aliphatic carbocycles. The Hall–Kier alpha value is -1.61. The third-order valence-electron chi connectivity index (χ3n) is 3.99. The van der Waals surface area contributed by atoms with Crippen molar-refractivity contribution in [2.24, 2.45) is 0 Å². The average molecular weight is 270 g/mol. The topological polar surface area (TPSA) is 34.2 Å². The Bertz CT molecular complexity index is 634. The average Bonchev–Trinajstić information content (AvgIpc) is 2.57. The summed E-state index contributed by atoms with van der Waals surface area (Å²) < 4.78 is 6.12. The maximum atomic E-state index is 6.12. The van der Waals surface area contributed by atoms with Crippen molar-refractivity contribution in [2.75, 3.05) is 5.32 Å². The van der Waals surface area contributed by atoms with Gasteiger partial charge >= 0.3 is 0 Å². The van der Waals surface area contributed by atoms with Gasteiger partial charge in [-0.2, -0.15) is 0 Å². The summed E-state index contributed by atoms with van der Waals surface area (Å²) in [4.78, 5) is 4.69. The fourth-order valence-electron chi connectivity index (χ4n) is 3.11. The van der Waals surface area contributed by atoms with Gasteiger partial charge in [0.25, 0.3) is 0 Å². The lowest BCUT2D eigenvalue weighted by atomic mass is 9.94. The first-order valence-corrected chi connectivity index (χ1v) is 7.18. The summed E-state index contributed by atoms with van der Waals surface area (Å²) in [5.74, 6) is 0.920. The van der Waals surface area contributed by atoms with Crippen LogP contribution in [0.1, 0.15) is 34.1 Å². The Balaban J connectivity index is 1.86. The van der Waals surface area contributed by atoms with Gasteiger partial charge in [0, 0.05) is 5.39 Å². The number of fused-ring (bicyclic) bond motifs is 1. The second-order valence-corrected chi connectivity index (χ2v) is 6.76. The number of pyridine rings is 1. The van der Waals surface area contributed by atoms with Crippen LogP contribution in [0.25, 0.3) is 10.9 Å². The normalized spacial score (nSPS) is 23.9. The zero-order valence-electron chi connectivity index (χ0n) is 12.6. The molecule has 2 heterocycles. The lowest BCUT2D eigenvalue weighted by molar-refractivity contribution is -0.0662. The molecule has 1 atom stereocenters. The molecule has 3 rings (SSSR count). The van der Waals surface area contributed by atoms with Crippen molar-refractivity contribution in [3.63, 3.8) is 0 Å². The van der Waals surface area contributed by atoms with Crippen LogP contribution >= 0.6 is 0 Å². The molecule has 1 N–H and O–H groups in total. The van der Waals surface area contributed by atoms with Gasteiger partial charge in [-0.05, 0) is 52.3 Å². The molecule has 3 nitrogen and oxygen atoms in total. The first-order valence-electron chi connectivity index (χ1n) is 7.18. The van der Waals surface area contributed by atoms with Crippen molar-refractivity contribution in [1.82, 2.24) is 4.98 Å². The van der Waals surface area contributed by atoms with Crippen molar-refractivity contribution in [3.8, 4) is 0 Å². The molecule has 0 bridgehead atoms. The van der Waals surface area contributed by atoms with Crippen molar-refractivity contribution >= 4 is 16.7 Å². The van der Waals surface area contributed by atoms with Crippen molar-refractivity contribution < 1.29 is 4.74 Å². The molecule has 2 aromatic rings. The summed E-state index contributed by atoms with van der Waals surface area (Å²) >= 11 is 0. The molecule has 20 heavy (non-hydrogen) atoms. The number of hydrogen-bond acceptors (Lipinski definition) is 3. The largest absolute Gasteiger partial charge is 0.367 e. The van der Waals surface area contributed by atoms with E-state index in [1.165, 1.54) is 5.39 Å². The smallest absolute Gasteiger partial charge is 0.126 e. The standard InChI is InChI=1S/C17H22N2O/c1-16(2)11-14(17(3,4)20-16)19-15-10-9-12-7-5-6-8-13(12)18-15/h5-10,14H,11H2,1-4H3,(H,18,19). The zero-order chi connectivity index (χ0) is 14.4. The van der Waals surface area contributed by atoms with Crippen LogP contribution in [0.2, 0.25) is 0 Å². The number of anilines is 1. The minimum Gasteiger partial charge on any atom is -0.367 e. The van der Waals surface area contributed by atoms with E-state index < -0.39 is 0 Å². The minimum atomic E-state index is -0.184. The van der Waals surface area contributed by atoms with Crippen LogP contribution in [0.3, 0.4) is 0 Å². The molecule has 1 fully saturated rings. The molecule has 106 valence electrons. The number of aromatic nitrogens is 1. The van der Waals surface area contributed by atoms with Crippen molar-refractivity contribution in [1.29, 1.82) is 0 Å². The SMILES string of the molecule is CC1(C)CC(Nc2ccc3ccccc3n2)C(C)(C)O1. The molecule has 0 radical (unpaired) electrons. The van der Waals surface area contributed by atoms with E-state index in [-0.39, 0.29) is 17.2 Å². The zero-order valence-corrected chi connectivity index (χ0v) is 12.6. The quantitative estimate of drug-likeness (QED) is 0.896. The Morgan fingerprint density at radius 2 is 1.85 bits per heavy atom. The van der Waals surface area contributed by atoms with E-state index in [9.17, 15) is 0 Å². The molecule has 3 heteroatoms. The number of rotatable bonds is 2. The van der Waals surface area contributed by atoms with Gasteiger partial charge < -0.3 is 10.1 Å². The highest BCUT2D eigenvalue weighted by molar-refractivity contribution is 5.80. The first kappa shape index (κ1) is 13.4. The third-order valence-corrected chi connectivity index (χ3v) is 3.99. The van der Waals surface area contributed by atoms with E-state index >= 15 is 0 Å². The van der Waals surface area contributed by atoms with Crippen LogP contribution < -0.4 is 5.32 Å². The van der Waals surface area contributed by atoms with E-state index in [1.807, 2.05) is 24.3 Å². The summed E-state index contributed by atoms with van der Waals surface area (Å²) in [5.41, 5.74) is 0.753. The van der Waals surface area contributed by atoms with E-state index in [0.717, 1.165) is 17.8 Å². The van der Waals surface area contributed by atoms with Crippen LogP contribution in [0.5, 0.6) is 0 Å². The highest BCUT2D eigenvalue weighted by atomic mass is 16.5. The fourth-order valence-corrected chi connectivity index (χ4v) is 3.11. The van der Waals surface area contributed by atoms with Crippen LogP contribution in [0, 0.1) is 0 Å². The molecule has 1 aromatic heterocycles. The van der Waals surface area contributed by atoms with Gasteiger partial charge in [0.1, 0.15) is 5.82 Å². The van der Waals surface area contributed by atoms with Gasteiger partial charge in [-0.25, -0.2) is 4.98 Å². The molecule has 1 aromatic carbocycles. The summed E-state index contributed by atoms with van der Waals surface area (Å²) in [6.45, 7) is 8.56. The molecule has 0 spiro atoms. The number of benzene rings is 1. The van der Waals surface area contributed by atoms with Gasteiger partial charge in [0.2, 0.25) is 0 Å². The Morgan fingerprint density at radius 3 is 2.55 bits per heavy atom. The Kier molecular flexibility index (Phi) is 2.98. The summed E-state index contributed by atoms with van der Waals surface area (Å²) in [7, 11) is 0. The van der Waals surface area contributed by atoms with Crippen molar-refractivity contribution in [3.05, 3.63) is 36.4 Å². The molecule has 0 saturated carbocycles. The number of nitrogens with one attached hydrogen (secondary N) is 1. The van der Waals surface area contributed by atoms with E-state index in [4.69, 9.17) is 4.74 Å². The van der Waals surface area contributed by atoms with Crippen LogP contribution in [-0.2, 0) is 4.74 Å². The molecule has 0 amide bonds. The lowest BCUT2D eigenvalue weighted by Gasteiger charge is -2.28. The maximum Gasteiger partial charge on any atom is 0.126 e. The summed E-state index contributed by atoms with van der Waals surface area (Å²) in [6, 6.07) is 12.6. The number of hydrogen-bond donors (Lipinski definition) is 1. The van der Waals surface area contributed by atoms with Gasteiger partial charge in [-0.3, -0.25) is 0 Å². The van der Waals surface area contributed by atoms with Crippen LogP contribution in [0.4, 0.5) is 5.82 Å². The predicted octanol–water partition coefficient (Wildman–Crippen LogP) is 3.99. The van der Waals surface area contributed by atoms with Crippen LogP contribution in [-0.4, -0.2) is 22.2 Å². The lowest BCUT2D eigenvalue weighted by Crippen LogP contribution is -2.38. The highest BCUT2D eigenvalue weighted by Crippen LogP contribution is 2.38. The molecule has 1 saturated heterocycles. The fraction of sp³-hybridized carbons (Fsp3) is 0.471. The Labute approximate surface area is 120 Å². The van der Waals surface area contributed by atoms with E-state index in [0.29, 0.717) is 0 Å². The van der Waals surface area contributed by atoms with Gasteiger partial charge in [0.15, 0.2) is 0 Å². The molecular weight excluding hydrogens is 248 g/mol. The number of nitrogens with zero attached hydrogens (tertiary/aromatic N) is 1. The monoisotopic (exact) mass is 270 g/mol. The number of para-hydroxylation sites is 1. The maximum absolute atomic E-state index is 6.12. The van der Waals surface area contributed by atoms with Gasteiger partial charge in [-0.1, -0.05) is 18.2 Å². The predicted molar refractivity (Wildman–Crippen MR) is 83.0 cm³/mol. The van der Waals surface area contributed by atoms with E-state index in [1.54, 1.807) is 0 Å². The second kappa shape index (κ2) is 4.45. The summed E-state index contributed by atoms with van der Waals surface area (Å²) in [6.07, 6.45) is 0.981. The van der Waals surface area contributed by atoms with Gasteiger partial charge in [0.05, 0.1) is 22.8 Å². The second-order valence-electron chi connectivity index (χ2n) is 6.76. The first-order chi connectivity index (χ1) is 9.36. The Morgan fingerprint density at radius 1 is 1.10 bits per heavy atom. The summed E-state index contributed by atoms with van der Waals surface area (Å²) in [5, 5.41) is 4.71. The molecule has 1 aliphatic rings. The number of ether oxygens (including phenoxy) is 1. The van der Waals surface area contributed by atoms with Crippen molar-refractivity contribution in [2.45, 2.75) is 51.4 Å². The van der Waals surface area contributed by atoms with Crippen LogP contribution in [0.15, 0.2) is 36.4 Å². The highest BCUT2D eigenvalue weighted by Gasteiger charge is 2.45.